The molecule has 1 heterocycles. The lowest BCUT2D eigenvalue weighted by molar-refractivity contribution is 0.0495. The van der Waals surface area contributed by atoms with Crippen LogP contribution in [0.25, 0.3) is 0 Å². The highest BCUT2D eigenvalue weighted by molar-refractivity contribution is 5.06. The number of rotatable bonds is 5. The van der Waals surface area contributed by atoms with Gasteiger partial charge >= 0.3 is 0 Å². The summed E-state index contributed by atoms with van der Waals surface area (Å²) in [5, 5.41) is 0. The zero-order chi connectivity index (χ0) is 14.8. The normalized spacial score (nSPS) is 28.8. The van der Waals surface area contributed by atoms with Gasteiger partial charge < -0.3 is 15.2 Å². The number of nitrogens with zero attached hydrogens (tertiary/aromatic N) is 3. The van der Waals surface area contributed by atoms with E-state index < -0.39 is 0 Å². The number of imidazole rings is 1. The van der Waals surface area contributed by atoms with E-state index in [0.29, 0.717) is 0 Å². The molecule has 1 aromatic heterocycles. The molecular formula is C16H30N4. The van der Waals surface area contributed by atoms with E-state index in [9.17, 15) is 0 Å². The van der Waals surface area contributed by atoms with E-state index in [-0.39, 0.29) is 11.6 Å². The van der Waals surface area contributed by atoms with Crippen molar-refractivity contribution in [2.24, 2.45) is 11.7 Å². The van der Waals surface area contributed by atoms with Gasteiger partial charge in [-0.15, -0.1) is 0 Å². The Balaban J connectivity index is 2.17. The number of likely N-dealkylation sites (N-methyl/N-ethyl adjacent to an activating group) is 1. The van der Waals surface area contributed by atoms with E-state index in [1.165, 1.54) is 25.7 Å². The Bertz CT molecular complexity index is 426. The molecule has 1 fully saturated rings. The summed E-state index contributed by atoms with van der Waals surface area (Å²) in [6.45, 7) is 5.48. The Hall–Kier alpha value is -0.870. The summed E-state index contributed by atoms with van der Waals surface area (Å²) in [6.07, 6.45) is 9.84. The van der Waals surface area contributed by atoms with E-state index in [0.717, 1.165) is 24.7 Å². The van der Waals surface area contributed by atoms with Crippen molar-refractivity contribution in [1.29, 1.82) is 0 Å². The monoisotopic (exact) mass is 278 g/mol. The van der Waals surface area contributed by atoms with E-state index >= 15 is 0 Å². The molecule has 4 nitrogen and oxygen atoms in total. The van der Waals surface area contributed by atoms with Crippen LogP contribution >= 0.6 is 0 Å². The molecule has 0 spiro atoms. The van der Waals surface area contributed by atoms with Gasteiger partial charge in [0.1, 0.15) is 5.82 Å². The average molecular weight is 278 g/mol. The molecule has 0 aliphatic heterocycles. The molecule has 1 saturated carbocycles. The molecule has 4 heteroatoms. The lowest BCUT2D eigenvalue weighted by atomic mass is 9.70. The maximum atomic E-state index is 6.67. The second-order valence-electron chi connectivity index (χ2n) is 6.64. The number of nitrogens with two attached hydrogens (primary N) is 1. The van der Waals surface area contributed by atoms with Crippen LogP contribution in [0.3, 0.4) is 0 Å². The first kappa shape index (κ1) is 15.5. The number of hydrogen-bond donors (Lipinski definition) is 1. The maximum Gasteiger partial charge on any atom is 0.110 e. The fourth-order valence-electron chi connectivity index (χ4n) is 3.84. The van der Waals surface area contributed by atoms with Gasteiger partial charge in [0.15, 0.2) is 0 Å². The molecular weight excluding hydrogens is 248 g/mol. The predicted octanol–water partition coefficient (Wildman–Crippen LogP) is 2.28. The standard InChI is InChI=1S/C16H30N4/c1-5-20-10-9-18-15(20)11-14(17)16(19(3)4)8-6-7-13(2)12-16/h9-10,13-14H,5-8,11-12,17H2,1-4H3. The molecule has 3 unspecified atom stereocenters. The van der Waals surface area contributed by atoms with Crippen molar-refractivity contribution in [3.05, 3.63) is 18.2 Å². The number of aryl methyl sites for hydroxylation is 1. The Labute approximate surface area is 123 Å². The SMILES string of the molecule is CCn1ccnc1CC(N)C1(N(C)C)CCCC(C)C1. The molecule has 3 atom stereocenters. The largest absolute Gasteiger partial charge is 0.335 e. The summed E-state index contributed by atoms with van der Waals surface area (Å²) in [5.74, 6) is 1.89. The Morgan fingerprint density at radius 3 is 2.90 bits per heavy atom. The van der Waals surface area contributed by atoms with Crippen molar-refractivity contribution in [3.8, 4) is 0 Å². The van der Waals surface area contributed by atoms with Gasteiger partial charge in [-0.3, -0.25) is 0 Å². The maximum absolute atomic E-state index is 6.67. The number of aromatic nitrogens is 2. The quantitative estimate of drug-likeness (QED) is 0.899. The zero-order valence-corrected chi connectivity index (χ0v) is 13.5. The van der Waals surface area contributed by atoms with Crippen LogP contribution < -0.4 is 5.73 Å². The highest BCUT2D eigenvalue weighted by atomic mass is 15.2. The molecule has 0 radical (unpaired) electrons. The van der Waals surface area contributed by atoms with Crippen molar-refractivity contribution in [2.45, 2.75) is 64.1 Å². The smallest absolute Gasteiger partial charge is 0.110 e. The third-order valence-electron chi connectivity index (χ3n) is 5.13. The van der Waals surface area contributed by atoms with Crippen molar-refractivity contribution >= 4 is 0 Å². The van der Waals surface area contributed by atoms with Crippen LogP contribution in [0.1, 0.15) is 45.4 Å². The molecule has 1 aromatic rings. The highest BCUT2D eigenvalue weighted by Crippen LogP contribution is 2.38. The zero-order valence-electron chi connectivity index (χ0n) is 13.5. The minimum absolute atomic E-state index is 0.127. The van der Waals surface area contributed by atoms with Gasteiger partial charge in [-0.25, -0.2) is 4.98 Å². The van der Waals surface area contributed by atoms with Gasteiger partial charge in [0.2, 0.25) is 0 Å². The molecule has 2 rings (SSSR count). The van der Waals surface area contributed by atoms with Crippen molar-refractivity contribution in [3.63, 3.8) is 0 Å². The van der Waals surface area contributed by atoms with Crippen LogP contribution in [-0.2, 0) is 13.0 Å². The summed E-state index contributed by atoms with van der Waals surface area (Å²) in [4.78, 5) is 6.86. The topological polar surface area (TPSA) is 47.1 Å². The van der Waals surface area contributed by atoms with Crippen LogP contribution in [0.5, 0.6) is 0 Å². The summed E-state index contributed by atoms with van der Waals surface area (Å²) < 4.78 is 2.20. The lowest BCUT2D eigenvalue weighted by Crippen LogP contribution is -2.60. The molecule has 114 valence electrons. The summed E-state index contributed by atoms with van der Waals surface area (Å²) in [6, 6.07) is 0.146. The van der Waals surface area contributed by atoms with Crippen LogP contribution in [0.4, 0.5) is 0 Å². The van der Waals surface area contributed by atoms with Gasteiger partial charge in [0.25, 0.3) is 0 Å². The Morgan fingerprint density at radius 2 is 2.30 bits per heavy atom. The molecule has 0 aromatic carbocycles. The third-order valence-corrected chi connectivity index (χ3v) is 5.13. The highest BCUT2D eigenvalue weighted by Gasteiger charge is 2.42. The fraction of sp³-hybridized carbons (Fsp3) is 0.812. The summed E-state index contributed by atoms with van der Waals surface area (Å²) >= 11 is 0. The first-order valence-electron chi connectivity index (χ1n) is 7.92. The van der Waals surface area contributed by atoms with Crippen molar-refractivity contribution < 1.29 is 0 Å². The molecule has 1 aliphatic rings. The van der Waals surface area contributed by atoms with E-state index in [1.54, 1.807) is 0 Å². The van der Waals surface area contributed by atoms with Crippen LogP contribution in [-0.4, -0.2) is 40.1 Å². The summed E-state index contributed by atoms with van der Waals surface area (Å²) in [5.41, 5.74) is 6.79. The van der Waals surface area contributed by atoms with E-state index in [2.05, 4.69) is 42.4 Å². The van der Waals surface area contributed by atoms with E-state index in [1.807, 2.05) is 12.4 Å². The summed E-state index contributed by atoms with van der Waals surface area (Å²) in [7, 11) is 4.37. The Morgan fingerprint density at radius 1 is 1.55 bits per heavy atom. The van der Waals surface area contributed by atoms with Crippen LogP contribution in [0, 0.1) is 5.92 Å². The predicted molar refractivity (Wildman–Crippen MR) is 83.6 cm³/mol. The second kappa shape index (κ2) is 6.27. The molecule has 2 N–H and O–H groups in total. The molecule has 20 heavy (non-hydrogen) atoms. The van der Waals surface area contributed by atoms with Gasteiger partial charge in [0.05, 0.1) is 0 Å². The number of hydrogen-bond acceptors (Lipinski definition) is 3. The first-order chi connectivity index (χ1) is 9.49. The second-order valence-corrected chi connectivity index (χ2v) is 6.64. The van der Waals surface area contributed by atoms with Crippen LogP contribution in [0.2, 0.25) is 0 Å². The van der Waals surface area contributed by atoms with Crippen molar-refractivity contribution in [2.75, 3.05) is 14.1 Å². The lowest BCUT2D eigenvalue weighted by Gasteiger charge is -2.49. The van der Waals surface area contributed by atoms with Gasteiger partial charge in [0, 0.05) is 36.9 Å². The average Bonchev–Trinajstić information content (AvgIpc) is 2.85. The minimum Gasteiger partial charge on any atom is -0.335 e. The van der Waals surface area contributed by atoms with Crippen LogP contribution in [0.15, 0.2) is 12.4 Å². The first-order valence-corrected chi connectivity index (χ1v) is 7.92. The fourth-order valence-corrected chi connectivity index (χ4v) is 3.84. The molecule has 0 amide bonds. The molecule has 1 aliphatic carbocycles. The van der Waals surface area contributed by atoms with Crippen molar-refractivity contribution in [1.82, 2.24) is 14.5 Å². The molecule has 0 bridgehead atoms. The van der Waals surface area contributed by atoms with Gasteiger partial charge in [-0.05, 0) is 39.8 Å². The van der Waals surface area contributed by atoms with E-state index in [4.69, 9.17) is 5.73 Å². The van der Waals surface area contributed by atoms with Gasteiger partial charge in [-0.2, -0.15) is 0 Å². The molecule has 0 saturated heterocycles. The minimum atomic E-state index is 0.127. The Kier molecular flexibility index (Phi) is 4.86. The van der Waals surface area contributed by atoms with Gasteiger partial charge in [-0.1, -0.05) is 19.8 Å². The third kappa shape index (κ3) is 2.91.